The van der Waals surface area contributed by atoms with Crippen molar-refractivity contribution in [3.63, 3.8) is 0 Å². The summed E-state index contributed by atoms with van der Waals surface area (Å²) in [6.07, 6.45) is -0.777. The second-order valence-corrected chi connectivity index (χ2v) is 5.71. The lowest BCUT2D eigenvalue weighted by Crippen LogP contribution is -2.32. The number of esters is 1. The van der Waals surface area contributed by atoms with Crippen LogP contribution >= 0.6 is 0 Å². The molecule has 0 aliphatic carbocycles. The summed E-state index contributed by atoms with van der Waals surface area (Å²) in [5.74, 6) is -0.538. The number of ether oxygens (including phenoxy) is 1. The number of pyridine rings is 1. The fraction of sp³-hybridized carbons (Fsp3) is 0.222. The van der Waals surface area contributed by atoms with Crippen molar-refractivity contribution >= 4 is 28.5 Å². The van der Waals surface area contributed by atoms with Gasteiger partial charge in [0.1, 0.15) is 11.5 Å². The molecular weight excluding hydrogens is 338 g/mol. The minimum Gasteiger partial charge on any atom is -0.448 e. The Morgan fingerprint density at radius 1 is 1.31 bits per heavy atom. The Morgan fingerprint density at radius 2 is 2.08 bits per heavy atom. The van der Waals surface area contributed by atoms with Gasteiger partial charge in [0.25, 0.3) is 11.5 Å². The van der Waals surface area contributed by atoms with Crippen LogP contribution in [-0.4, -0.2) is 28.1 Å². The van der Waals surface area contributed by atoms with E-state index in [-0.39, 0.29) is 17.9 Å². The second-order valence-electron chi connectivity index (χ2n) is 5.71. The zero-order chi connectivity index (χ0) is 18.7. The van der Waals surface area contributed by atoms with Gasteiger partial charge < -0.3 is 19.6 Å². The van der Waals surface area contributed by atoms with Crippen LogP contribution in [0.2, 0.25) is 0 Å². The van der Waals surface area contributed by atoms with Crippen LogP contribution in [0.5, 0.6) is 0 Å². The van der Waals surface area contributed by atoms with Crippen LogP contribution in [0, 0.1) is 6.92 Å². The number of benzene rings is 1. The summed E-state index contributed by atoms with van der Waals surface area (Å²) in [5, 5.41) is 7.26. The highest BCUT2D eigenvalue weighted by molar-refractivity contribution is 5.97. The number of aryl methyl sites for hydroxylation is 1. The largest absolute Gasteiger partial charge is 0.448 e. The average molecular weight is 355 g/mol. The molecule has 26 heavy (non-hydrogen) atoms. The van der Waals surface area contributed by atoms with Gasteiger partial charge in [0, 0.05) is 11.5 Å². The van der Waals surface area contributed by atoms with Gasteiger partial charge >= 0.3 is 5.97 Å². The molecule has 0 aliphatic heterocycles. The number of nitrogens with one attached hydrogen (secondary N) is 2. The predicted molar refractivity (Wildman–Crippen MR) is 93.9 cm³/mol. The molecule has 1 amide bonds. The lowest BCUT2D eigenvalue weighted by molar-refractivity contribution is -0.124. The summed E-state index contributed by atoms with van der Waals surface area (Å²) in [6, 6.07) is 9.94. The zero-order valence-corrected chi connectivity index (χ0v) is 14.2. The van der Waals surface area contributed by atoms with E-state index in [1.807, 2.05) is 0 Å². The van der Waals surface area contributed by atoms with Gasteiger partial charge in [-0.2, -0.15) is 0 Å². The average Bonchev–Trinajstić information content (AvgIpc) is 3.04. The maximum absolute atomic E-state index is 12.4. The van der Waals surface area contributed by atoms with E-state index in [2.05, 4.69) is 15.5 Å². The molecule has 3 aromatic rings. The smallest absolute Gasteiger partial charge is 0.355 e. The Hall–Kier alpha value is -3.42. The van der Waals surface area contributed by atoms with Gasteiger partial charge in [-0.05, 0) is 30.9 Å². The Bertz CT molecular complexity index is 1020. The number of carbonyl (C=O) groups excluding carboxylic acids is 2. The number of carbonyl (C=O) groups is 2. The monoisotopic (exact) mass is 355 g/mol. The summed E-state index contributed by atoms with van der Waals surface area (Å²) >= 11 is 0. The van der Waals surface area contributed by atoms with Gasteiger partial charge in [-0.15, -0.1) is 0 Å². The Morgan fingerprint density at radius 3 is 2.77 bits per heavy atom. The molecule has 1 aromatic carbocycles. The van der Waals surface area contributed by atoms with E-state index >= 15 is 0 Å². The van der Waals surface area contributed by atoms with Crippen LogP contribution < -0.4 is 10.9 Å². The molecule has 0 fully saturated rings. The van der Waals surface area contributed by atoms with Gasteiger partial charge in [0.15, 0.2) is 11.9 Å². The summed E-state index contributed by atoms with van der Waals surface area (Å²) in [5.41, 5.74) is -0.414. The molecule has 1 atom stereocenters. The summed E-state index contributed by atoms with van der Waals surface area (Å²) in [4.78, 5) is 39.2. The molecule has 0 bridgehead atoms. The zero-order valence-electron chi connectivity index (χ0n) is 14.2. The van der Waals surface area contributed by atoms with Crippen molar-refractivity contribution in [1.82, 2.24) is 10.1 Å². The molecule has 1 unspecified atom stereocenters. The van der Waals surface area contributed by atoms with Crippen molar-refractivity contribution in [1.29, 1.82) is 0 Å². The van der Waals surface area contributed by atoms with E-state index < -0.39 is 23.5 Å². The molecule has 0 saturated heterocycles. The first-order chi connectivity index (χ1) is 12.5. The number of aromatic amines is 1. The molecule has 2 heterocycles. The highest BCUT2D eigenvalue weighted by Crippen LogP contribution is 2.13. The Balaban J connectivity index is 1.76. The first-order valence-electron chi connectivity index (χ1n) is 8.05. The molecule has 0 radical (unpaired) electrons. The minimum atomic E-state index is -1.03. The number of hydrogen-bond donors (Lipinski definition) is 2. The summed E-state index contributed by atoms with van der Waals surface area (Å²) < 4.78 is 10.1. The summed E-state index contributed by atoms with van der Waals surface area (Å²) in [6.45, 7) is 3.39. The van der Waals surface area contributed by atoms with E-state index in [0.29, 0.717) is 16.5 Å². The molecule has 2 N–H and O–H groups in total. The number of anilines is 1. The van der Waals surface area contributed by atoms with Crippen molar-refractivity contribution in [2.45, 2.75) is 26.4 Å². The fourth-order valence-electron chi connectivity index (χ4n) is 2.47. The highest BCUT2D eigenvalue weighted by Gasteiger charge is 2.23. The van der Waals surface area contributed by atoms with Crippen molar-refractivity contribution in [3.8, 4) is 0 Å². The molecule has 2 aromatic heterocycles. The number of hydrogen-bond acceptors (Lipinski definition) is 6. The normalized spacial score (nSPS) is 11.9. The molecule has 8 nitrogen and oxygen atoms in total. The predicted octanol–water partition coefficient (Wildman–Crippen LogP) is 2.40. The molecule has 0 saturated carbocycles. The SMILES string of the molecule is CCC(OC(=O)c1cc2ccccc2c(=O)[nH]1)C(=O)Nc1cc(C)on1. The van der Waals surface area contributed by atoms with Crippen LogP contribution in [0.25, 0.3) is 10.8 Å². The number of amides is 1. The quantitative estimate of drug-likeness (QED) is 0.679. The van der Waals surface area contributed by atoms with Gasteiger partial charge in [-0.3, -0.25) is 9.59 Å². The number of nitrogens with zero attached hydrogens (tertiary/aromatic N) is 1. The lowest BCUT2D eigenvalue weighted by Gasteiger charge is -2.15. The van der Waals surface area contributed by atoms with Crippen molar-refractivity contribution < 1.29 is 18.8 Å². The van der Waals surface area contributed by atoms with E-state index in [1.165, 1.54) is 6.07 Å². The second kappa shape index (κ2) is 7.22. The third kappa shape index (κ3) is 3.64. The standard InChI is InChI=1S/C18H17N3O5/c1-3-14(17(23)20-15-8-10(2)26-21-15)25-18(24)13-9-11-6-4-5-7-12(11)16(22)19-13/h4-9,14H,3H2,1-2H3,(H,19,22)(H,20,21,23). The highest BCUT2D eigenvalue weighted by atomic mass is 16.5. The van der Waals surface area contributed by atoms with E-state index in [4.69, 9.17) is 9.26 Å². The van der Waals surface area contributed by atoms with E-state index in [1.54, 1.807) is 44.2 Å². The van der Waals surface area contributed by atoms with Crippen LogP contribution in [0.15, 0.2) is 45.7 Å². The van der Waals surface area contributed by atoms with Gasteiger partial charge in [0.2, 0.25) is 0 Å². The maximum atomic E-state index is 12.4. The molecule has 134 valence electrons. The van der Waals surface area contributed by atoms with Crippen LogP contribution in [0.3, 0.4) is 0 Å². The van der Waals surface area contributed by atoms with Crippen LogP contribution in [-0.2, 0) is 9.53 Å². The van der Waals surface area contributed by atoms with Crippen molar-refractivity contribution in [3.05, 3.63) is 58.2 Å². The fourth-order valence-corrected chi connectivity index (χ4v) is 2.47. The minimum absolute atomic E-state index is 0.0165. The molecule has 0 aliphatic rings. The first-order valence-corrected chi connectivity index (χ1v) is 8.05. The van der Waals surface area contributed by atoms with Gasteiger partial charge in [0.05, 0.1) is 0 Å². The number of H-pyrrole nitrogens is 1. The topological polar surface area (TPSA) is 114 Å². The van der Waals surface area contributed by atoms with Crippen LogP contribution in [0.4, 0.5) is 5.82 Å². The van der Waals surface area contributed by atoms with Crippen molar-refractivity contribution in [2.24, 2.45) is 0 Å². The van der Waals surface area contributed by atoms with Crippen LogP contribution in [0.1, 0.15) is 29.6 Å². The Labute approximate surface area is 148 Å². The van der Waals surface area contributed by atoms with Gasteiger partial charge in [-0.25, -0.2) is 4.79 Å². The molecule has 8 heteroatoms. The van der Waals surface area contributed by atoms with E-state index in [9.17, 15) is 14.4 Å². The third-order valence-electron chi connectivity index (χ3n) is 3.77. The molecule has 0 spiro atoms. The molecule has 3 rings (SSSR count). The number of rotatable bonds is 5. The summed E-state index contributed by atoms with van der Waals surface area (Å²) in [7, 11) is 0. The van der Waals surface area contributed by atoms with Crippen molar-refractivity contribution in [2.75, 3.05) is 5.32 Å². The maximum Gasteiger partial charge on any atom is 0.355 e. The number of fused-ring (bicyclic) bond motifs is 1. The molecular formula is C18H17N3O5. The van der Waals surface area contributed by atoms with E-state index in [0.717, 1.165) is 0 Å². The lowest BCUT2D eigenvalue weighted by atomic mass is 10.1. The first kappa shape index (κ1) is 17.4. The third-order valence-corrected chi connectivity index (χ3v) is 3.77. The Kier molecular flexibility index (Phi) is 4.83. The number of aromatic nitrogens is 2. The van der Waals surface area contributed by atoms with Gasteiger partial charge in [-0.1, -0.05) is 30.3 Å².